The third kappa shape index (κ3) is 2.81. The van der Waals surface area contributed by atoms with Crippen LogP contribution in [0.15, 0.2) is 30.3 Å². The Balaban J connectivity index is 2.61. The molecule has 0 aliphatic heterocycles. The highest BCUT2D eigenvalue weighted by molar-refractivity contribution is 6.05. The van der Waals surface area contributed by atoms with Gasteiger partial charge in [-0.25, -0.2) is 0 Å². The summed E-state index contributed by atoms with van der Waals surface area (Å²) in [6, 6.07) is 9.03. The molecule has 0 saturated heterocycles. The van der Waals surface area contributed by atoms with Crippen molar-refractivity contribution < 1.29 is 19.5 Å². The summed E-state index contributed by atoms with van der Waals surface area (Å²) in [5, 5.41) is 10.6. The molecule has 4 atom stereocenters. The molecule has 1 fully saturated rings. The van der Waals surface area contributed by atoms with Gasteiger partial charge in [-0.3, -0.25) is 14.4 Å². The van der Waals surface area contributed by atoms with Gasteiger partial charge in [0.05, 0.1) is 17.4 Å². The number of hydrogen-bond donors (Lipinski definition) is 1. The molecule has 4 nitrogen and oxygen atoms in total. The van der Waals surface area contributed by atoms with E-state index >= 15 is 0 Å². The van der Waals surface area contributed by atoms with Crippen LogP contribution in [-0.4, -0.2) is 28.1 Å². The van der Waals surface area contributed by atoms with Crippen LogP contribution in [0.1, 0.15) is 38.7 Å². The van der Waals surface area contributed by atoms with Crippen LogP contribution >= 0.6 is 0 Å². The van der Waals surface area contributed by atoms with Crippen molar-refractivity contribution in [3.8, 4) is 0 Å². The normalized spacial score (nSPS) is 32.8. The quantitative estimate of drug-likeness (QED) is 0.862. The van der Waals surface area contributed by atoms with E-state index in [-0.39, 0.29) is 23.8 Å². The number of rotatable bonds is 3. The molecule has 1 N–H and O–H groups in total. The van der Waals surface area contributed by atoms with Gasteiger partial charge in [-0.05, 0) is 26.3 Å². The molecule has 1 aliphatic carbocycles. The van der Waals surface area contributed by atoms with Crippen molar-refractivity contribution in [1.82, 2.24) is 0 Å². The Morgan fingerprint density at radius 2 is 1.71 bits per heavy atom. The Labute approximate surface area is 124 Å². The lowest BCUT2D eigenvalue weighted by molar-refractivity contribution is -0.151. The number of carbonyl (C=O) groups excluding carboxylic acids is 3. The minimum absolute atomic E-state index is 0.162. The lowest BCUT2D eigenvalue weighted by atomic mass is 9.60. The van der Waals surface area contributed by atoms with Crippen LogP contribution in [0.25, 0.3) is 0 Å². The molecule has 0 heterocycles. The van der Waals surface area contributed by atoms with Crippen LogP contribution in [0.5, 0.6) is 0 Å². The van der Waals surface area contributed by atoms with Crippen molar-refractivity contribution in [3.63, 3.8) is 0 Å². The van der Waals surface area contributed by atoms with Crippen LogP contribution in [0.2, 0.25) is 0 Å². The average Bonchev–Trinajstić information content (AvgIpc) is 2.36. The highest BCUT2D eigenvalue weighted by Gasteiger charge is 2.53. The average molecular weight is 288 g/mol. The highest BCUT2D eigenvalue weighted by atomic mass is 16.3. The van der Waals surface area contributed by atoms with Crippen LogP contribution in [0.4, 0.5) is 0 Å². The van der Waals surface area contributed by atoms with Crippen molar-refractivity contribution in [2.75, 3.05) is 0 Å². The molecular formula is C17H20O4. The van der Waals surface area contributed by atoms with Gasteiger partial charge in [0.15, 0.2) is 0 Å². The van der Waals surface area contributed by atoms with Crippen LogP contribution in [0, 0.1) is 11.8 Å². The summed E-state index contributed by atoms with van der Waals surface area (Å²) in [5.41, 5.74) is -0.679. The van der Waals surface area contributed by atoms with Crippen molar-refractivity contribution in [1.29, 1.82) is 0 Å². The fourth-order valence-electron chi connectivity index (χ4n) is 3.58. The van der Waals surface area contributed by atoms with E-state index in [9.17, 15) is 19.5 Å². The first-order chi connectivity index (χ1) is 9.75. The molecule has 112 valence electrons. The van der Waals surface area contributed by atoms with E-state index in [0.717, 1.165) is 5.56 Å². The molecule has 0 amide bonds. The van der Waals surface area contributed by atoms with Gasteiger partial charge >= 0.3 is 0 Å². The first kappa shape index (κ1) is 15.6. The van der Waals surface area contributed by atoms with Gasteiger partial charge in [0.1, 0.15) is 17.3 Å². The summed E-state index contributed by atoms with van der Waals surface area (Å²) in [5.74, 6) is -2.97. The Hall–Kier alpha value is -1.81. The smallest absolute Gasteiger partial charge is 0.146 e. The Morgan fingerprint density at radius 1 is 1.14 bits per heavy atom. The molecule has 1 aromatic rings. The van der Waals surface area contributed by atoms with Crippen LogP contribution < -0.4 is 0 Å². The number of benzene rings is 1. The van der Waals surface area contributed by atoms with Gasteiger partial charge < -0.3 is 5.11 Å². The zero-order chi connectivity index (χ0) is 15.8. The van der Waals surface area contributed by atoms with E-state index < -0.39 is 23.4 Å². The predicted octanol–water partition coefficient (Wildman–Crippen LogP) is 1.90. The topological polar surface area (TPSA) is 71.4 Å². The fraction of sp³-hybridized carbons (Fsp3) is 0.471. The zero-order valence-corrected chi connectivity index (χ0v) is 12.5. The van der Waals surface area contributed by atoms with Gasteiger partial charge in [0.25, 0.3) is 0 Å². The molecule has 1 saturated carbocycles. The maximum Gasteiger partial charge on any atom is 0.146 e. The van der Waals surface area contributed by atoms with E-state index in [1.807, 2.05) is 6.07 Å². The lowest BCUT2D eigenvalue weighted by Crippen LogP contribution is -2.53. The van der Waals surface area contributed by atoms with E-state index in [2.05, 4.69) is 0 Å². The number of aliphatic hydroxyl groups is 1. The number of ketones is 3. The SMILES string of the molecule is CC(=O)[C@@H]1C(=O)C[C@](C)(O)[C@@H](C(C)=O)[C@@H]1c1ccccc1. The van der Waals surface area contributed by atoms with Crippen molar-refractivity contribution in [3.05, 3.63) is 35.9 Å². The van der Waals surface area contributed by atoms with Crippen LogP contribution in [-0.2, 0) is 14.4 Å². The number of hydrogen-bond acceptors (Lipinski definition) is 4. The Morgan fingerprint density at radius 3 is 2.19 bits per heavy atom. The summed E-state index contributed by atoms with van der Waals surface area (Å²) in [7, 11) is 0. The van der Waals surface area contributed by atoms with Crippen molar-refractivity contribution in [2.24, 2.45) is 11.8 Å². The third-order valence-electron chi connectivity index (χ3n) is 4.33. The minimum atomic E-state index is -1.42. The van der Waals surface area contributed by atoms with Gasteiger partial charge in [0.2, 0.25) is 0 Å². The second-order valence-electron chi connectivity index (χ2n) is 6.11. The maximum absolute atomic E-state index is 12.3. The fourth-order valence-corrected chi connectivity index (χ4v) is 3.58. The summed E-state index contributed by atoms with van der Waals surface area (Å²) < 4.78 is 0. The molecule has 0 unspecified atom stereocenters. The molecule has 0 radical (unpaired) electrons. The largest absolute Gasteiger partial charge is 0.389 e. The second-order valence-corrected chi connectivity index (χ2v) is 6.11. The summed E-state index contributed by atoms with van der Waals surface area (Å²) >= 11 is 0. The molecule has 2 rings (SSSR count). The molecule has 0 aromatic heterocycles. The molecular weight excluding hydrogens is 268 g/mol. The molecule has 0 bridgehead atoms. The minimum Gasteiger partial charge on any atom is -0.389 e. The molecule has 4 heteroatoms. The van der Waals surface area contributed by atoms with E-state index in [0.29, 0.717) is 0 Å². The summed E-state index contributed by atoms with van der Waals surface area (Å²) in [6.45, 7) is 4.28. The van der Waals surface area contributed by atoms with Gasteiger partial charge in [-0.15, -0.1) is 0 Å². The molecule has 21 heavy (non-hydrogen) atoms. The van der Waals surface area contributed by atoms with Gasteiger partial charge in [-0.2, -0.15) is 0 Å². The molecule has 1 aromatic carbocycles. The Kier molecular flexibility index (Phi) is 4.10. The maximum atomic E-state index is 12.3. The summed E-state index contributed by atoms with van der Waals surface area (Å²) in [4.78, 5) is 36.4. The number of carbonyl (C=O) groups is 3. The molecule has 1 aliphatic rings. The van der Waals surface area contributed by atoms with E-state index in [1.165, 1.54) is 20.8 Å². The first-order valence-corrected chi connectivity index (χ1v) is 7.06. The highest BCUT2D eigenvalue weighted by Crippen LogP contribution is 2.46. The van der Waals surface area contributed by atoms with Gasteiger partial charge in [-0.1, -0.05) is 30.3 Å². The lowest BCUT2D eigenvalue weighted by Gasteiger charge is -2.44. The van der Waals surface area contributed by atoms with E-state index in [4.69, 9.17) is 0 Å². The van der Waals surface area contributed by atoms with Crippen molar-refractivity contribution >= 4 is 17.3 Å². The van der Waals surface area contributed by atoms with E-state index in [1.54, 1.807) is 24.3 Å². The van der Waals surface area contributed by atoms with Gasteiger partial charge in [0, 0.05) is 12.3 Å². The van der Waals surface area contributed by atoms with Crippen LogP contribution in [0.3, 0.4) is 0 Å². The third-order valence-corrected chi connectivity index (χ3v) is 4.33. The Bertz CT molecular complexity index is 574. The second kappa shape index (κ2) is 5.53. The predicted molar refractivity (Wildman–Crippen MR) is 77.8 cm³/mol. The monoisotopic (exact) mass is 288 g/mol. The van der Waals surface area contributed by atoms with Crippen molar-refractivity contribution in [2.45, 2.75) is 38.7 Å². The standard InChI is InChI=1S/C17H20O4/c1-10(18)14-13(20)9-17(3,21)16(11(2)19)15(14)12-7-5-4-6-8-12/h4-8,14-16,21H,9H2,1-3H3/t14-,15-,16+,17+/m1/s1. The zero-order valence-electron chi connectivity index (χ0n) is 12.5. The first-order valence-electron chi connectivity index (χ1n) is 7.06. The summed E-state index contributed by atoms with van der Waals surface area (Å²) in [6.07, 6.45) is -0.162. The number of Topliss-reactive ketones (excluding diaryl/α,β-unsaturated/α-hetero) is 3. The molecule has 0 spiro atoms.